The quantitative estimate of drug-likeness (QED) is 0.192. The molecule has 2 aromatic rings. The Balaban J connectivity index is 2.45. The highest BCUT2D eigenvalue weighted by Crippen LogP contribution is 2.22. The summed E-state index contributed by atoms with van der Waals surface area (Å²) in [5, 5.41) is 0. The van der Waals surface area contributed by atoms with Gasteiger partial charge >= 0.3 is 5.97 Å². The number of hydrogen-bond donors (Lipinski definition) is 0. The van der Waals surface area contributed by atoms with Crippen LogP contribution in [0.25, 0.3) is 11.6 Å². The molecule has 2 rings (SSSR count). The maximum absolute atomic E-state index is 12.1. The standard InChI is InChI=1S/C21H20O4/c1-3-25-21(23)20(15-22)19(17-7-5-4-6-8-17)14-11-16-9-12-18(24-2)13-10-16/h4-15H,3H2,1-2H3/b14-11+,20-19-. The van der Waals surface area contributed by atoms with Gasteiger partial charge in [-0.2, -0.15) is 0 Å². The van der Waals surface area contributed by atoms with Gasteiger partial charge in [0.15, 0.2) is 6.29 Å². The van der Waals surface area contributed by atoms with Crippen LogP contribution in [0.5, 0.6) is 5.75 Å². The first-order chi connectivity index (χ1) is 12.2. The van der Waals surface area contributed by atoms with Gasteiger partial charge in [-0.3, -0.25) is 4.79 Å². The highest BCUT2D eigenvalue weighted by molar-refractivity contribution is 6.16. The van der Waals surface area contributed by atoms with Crippen LogP contribution in [0, 0.1) is 0 Å². The van der Waals surface area contributed by atoms with Crippen LogP contribution in [0.1, 0.15) is 18.1 Å². The topological polar surface area (TPSA) is 52.6 Å². The maximum Gasteiger partial charge on any atom is 0.342 e. The molecule has 0 saturated carbocycles. The average Bonchev–Trinajstić information content (AvgIpc) is 2.66. The van der Waals surface area contributed by atoms with E-state index >= 15 is 0 Å². The summed E-state index contributed by atoms with van der Waals surface area (Å²) >= 11 is 0. The van der Waals surface area contributed by atoms with Crippen LogP contribution in [-0.4, -0.2) is 26.0 Å². The van der Waals surface area contributed by atoms with Gasteiger partial charge in [0.25, 0.3) is 0 Å². The molecule has 4 heteroatoms. The zero-order valence-electron chi connectivity index (χ0n) is 14.3. The molecule has 0 aliphatic rings. The summed E-state index contributed by atoms with van der Waals surface area (Å²) in [6, 6.07) is 16.7. The second-order valence-corrected chi connectivity index (χ2v) is 5.14. The highest BCUT2D eigenvalue weighted by atomic mass is 16.5. The van der Waals surface area contributed by atoms with Crippen molar-refractivity contribution >= 4 is 23.9 Å². The Kier molecular flexibility index (Phi) is 6.72. The molecule has 0 N–H and O–H groups in total. The Bertz CT molecular complexity index is 771. The summed E-state index contributed by atoms with van der Waals surface area (Å²) < 4.78 is 10.1. The van der Waals surface area contributed by atoms with E-state index in [-0.39, 0.29) is 12.2 Å². The highest BCUT2D eigenvalue weighted by Gasteiger charge is 2.15. The third-order valence-electron chi connectivity index (χ3n) is 3.55. The molecular weight excluding hydrogens is 316 g/mol. The van der Waals surface area contributed by atoms with Crippen molar-refractivity contribution in [2.75, 3.05) is 13.7 Å². The molecule has 0 saturated heterocycles. The van der Waals surface area contributed by atoms with E-state index in [9.17, 15) is 9.59 Å². The predicted octanol–water partition coefficient (Wildman–Crippen LogP) is 3.92. The molecule has 0 spiro atoms. The van der Waals surface area contributed by atoms with Crippen molar-refractivity contribution in [3.63, 3.8) is 0 Å². The van der Waals surface area contributed by atoms with Crippen LogP contribution in [0.3, 0.4) is 0 Å². The number of methoxy groups -OCH3 is 1. The van der Waals surface area contributed by atoms with Gasteiger partial charge in [0.1, 0.15) is 11.3 Å². The number of benzene rings is 2. The SMILES string of the molecule is CCOC(=O)/C(C=O)=C(/C=C/c1ccc(OC)cc1)c1ccccc1. The van der Waals surface area contributed by atoms with Gasteiger partial charge in [-0.25, -0.2) is 4.79 Å². The van der Waals surface area contributed by atoms with Crippen molar-refractivity contribution in [2.45, 2.75) is 6.92 Å². The Labute approximate surface area is 147 Å². The lowest BCUT2D eigenvalue weighted by molar-refractivity contribution is -0.139. The number of hydrogen-bond acceptors (Lipinski definition) is 4. The molecule has 0 aliphatic carbocycles. The minimum atomic E-state index is -0.629. The van der Waals surface area contributed by atoms with Crippen LogP contribution in [0.15, 0.2) is 66.2 Å². The van der Waals surface area contributed by atoms with Gasteiger partial charge < -0.3 is 9.47 Å². The molecule has 0 unspecified atom stereocenters. The molecule has 25 heavy (non-hydrogen) atoms. The molecule has 128 valence electrons. The second-order valence-electron chi connectivity index (χ2n) is 5.14. The first-order valence-electron chi connectivity index (χ1n) is 7.93. The monoisotopic (exact) mass is 336 g/mol. The van der Waals surface area contributed by atoms with E-state index in [4.69, 9.17) is 9.47 Å². The fraction of sp³-hybridized carbons (Fsp3) is 0.143. The van der Waals surface area contributed by atoms with Gasteiger partial charge in [0.05, 0.1) is 13.7 Å². The summed E-state index contributed by atoms with van der Waals surface area (Å²) in [5.41, 5.74) is 2.20. The van der Waals surface area contributed by atoms with Crippen molar-refractivity contribution in [1.29, 1.82) is 0 Å². The smallest absolute Gasteiger partial charge is 0.342 e. The number of ether oxygens (including phenoxy) is 2. The molecule has 0 heterocycles. The fourth-order valence-electron chi connectivity index (χ4n) is 2.28. The van der Waals surface area contributed by atoms with Crippen LogP contribution in [-0.2, 0) is 14.3 Å². The number of esters is 1. The lowest BCUT2D eigenvalue weighted by atomic mass is 9.99. The van der Waals surface area contributed by atoms with E-state index in [1.165, 1.54) is 0 Å². The van der Waals surface area contributed by atoms with Crippen molar-refractivity contribution in [1.82, 2.24) is 0 Å². The van der Waals surface area contributed by atoms with Crippen LogP contribution in [0.2, 0.25) is 0 Å². The summed E-state index contributed by atoms with van der Waals surface area (Å²) in [4.78, 5) is 23.6. The molecule has 0 atom stereocenters. The van der Waals surface area contributed by atoms with E-state index in [1.807, 2.05) is 60.7 Å². The van der Waals surface area contributed by atoms with Crippen LogP contribution < -0.4 is 4.74 Å². The Morgan fingerprint density at radius 1 is 1.04 bits per heavy atom. The van der Waals surface area contributed by atoms with Crippen LogP contribution >= 0.6 is 0 Å². The fourth-order valence-corrected chi connectivity index (χ4v) is 2.28. The summed E-state index contributed by atoms with van der Waals surface area (Å²) in [7, 11) is 1.61. The molecule has 0 fully saturated rings. The third-order valence-corrected chi connectivity index (χ3v) is 3.55. The molecule has 0 bridgehead atoms. The van der Waals surface area contributed by atoms with Crippen molar-refractivity contribution in [2.24, 2.45) is 0 Å². The zero-order chi connectivity index (χ0) is 18.1. The first-order valence-corrected chi connectivity index (χ1v) is 7.93. The van der Waals surface area contributed by atoms with E-state index in [0.29, 0.717) is 11.9 Å². The lowest BCUT2D eigenvalue weighted by Crippen LogP contribution is -2.10. The van der Waals surface area contributed by atoms with E-state index in [0.717, 1.165) is 16.9 Å². The molecule has 4 nitrogen and oxygen atoms in total. The Morgan fingerprint density at radius 3 is 2.28 bits per heavy atom. The van der Waals surface area contributed by atoms with Crippen molar-refractivity contribution in [3.8, 4) is 5.75 Å². The van der Waals surface area contributed by atoms with Crippen molar-refractivity contribution < 1.29 is 19.1 Å². The second kappa shape index (κ2) is 9.23. The summed E-state index contributed by atoms with van der Waals surface area (Å²) in [6.07, 6.45) is 4.13. The minimum absolute atomic E-state index is 0.00203. The first kappa shape index (κ1) is 18.2. The minimum Gasteiger partial charge on any atom is -0.497 e. The van der Waals surface area contributed by atoms with Crippen molar-refractivity contribution in [3.05, 3.63) is 77.4 Å². The van der Waals surface area contributed by atoms with Crippen LogP contribution in [0.4, 0.5) is 0 Å². The average molecular weight is 336 g/mol. The van der Waals surface area contributed by atoms with E-state index < -0.39 is 5.97 Å². The molecule has 2 aromatic carbocycles. The van der Waals surface area contributed by atoms with Gasteiger partial charge in [-0.1, -0.05) is 54.6 Å². The number of rotatable bonds is 7. The number of carbonyl (C=O) groups is 2. The van der Waals surface area contributed by atoms with Gasteiger partial charge in [-0.05, 0) is 35.8 Å². The summed E-state index contributed by atoms with van der Waals surface area (Å²) in [5.74, 6) is 0.131. The van der Waals surface area contributed by atoms with Gasteiger partial charge in [0.2, 0.25) is 0 Å². The number of allylic oxidation sites excluding steroid dienone is 2. The lowest BCUT2D eigenvalue weighted by Gasteiger charge is -2.08. The largest absolute Gasteiger partial charge is 0.497 e. The Morgan fingerprint density at radius 2 is 1.72 bits per heavy atom. The van der Waals surface area contributed by atoms with E-state index in [1.54, 1.807) is 20.1 Å². The molecule has 0 amide bonds. The third kappa shape index (κ3) is 4.91. The Hall–Kier alpha value is -3.14. The summed E-state index contributed by atoms with van der Waals surface area (Å²) in [6.45, 7) is 1.91. The zero-order valence-corrected chi connectivity index (χ0v) is 14.3. The molecule has 0 aromatic heterocycles. The number of aldehydes is 1. The normalized spacial score (nSPS) is 11.8. The van der Waals surface area contributed by atoms with E-state index in [2.05, 4.69) is 0 Å². The van der Waals surface area contributed by atoms with Gasteiger partial charge in [0, 0.05) is 0 Å². The maximum atomic E-state index is 12.1. The molecule has 0 radical (unpaired) electrons. The molecule has 0 aliphatic heterocycles. The van der Waals surface area contributed by atoms with Gasteiger partial charge in [-0.15, -0.1) is 0 Å². The predicted molar refractivity (Wildman–Crippen MR) is 98.1 cm³/mol. The number of carbonyl (C=O) groups excluding carboxylic acids is 2. The molecular formula is C21H20O4.